The van der Waals surface area contributed by atoms with Crippen LogP contribution < -0.4 is 15.5 Å². The van der Waals surface area contributed by atoms with Crippen LogP contribution in [0.15, 0.2) is 72.6 Å². The van der Waals surface area contributed by atoms with Crippen LogP contribution in [-0.2, 0) is 76.0 Å². The normalized spacial score (nSPS) is 13.6. The Bertz CT molecular complexity index is 1950. The summed E-state index contributed by atoms with van der Waals surface area (Å²) < 4.78 is 74.3. The van der Waals surface area contributed by atoms with E-state index in [2.05, 4.69) is 18.5 Å². The molecule has 0 aliphatic carbocycles. The lowest BCUT2D eigenvalue weighted by atomic mass is 10.0. The van der Waals surface area contributed by atoms with Crippen LogP contribution in [0.4, 0.5) is 0 Å². The molecule has 0 aliphatic heterocycles. The fraction of sp³-hybridized carbons (Fsp3) is 0.533. The van der Waals surface area contributed by atoms with Crippen molar-refractivity contribution >= 4 is 55.3 Å². The van der Waals surface area contributed by atoms with Crippen LogP contribution in [0.2, 0.25) is 0 Å². The third kappa shape index (κ3) is 22.3. The highest BCUT2D eigenvalue weighted by Crippen LogP contribution is 2.27. The maximum Gasteiger partial charge on any atom is 0.330 e. The number of hydrogen-bond donors (Lipinski definition) is 1. The minimum atomic E-state index is -1.41. The van der Waals surface area contributed by atoms with Gasteiger partial charge in [-0.1, -0.05) is 25.3 Å². The molecule has 1 N–H and O–H groups in total. The molecule has 0 spiro atoms. The van der Waals surface area contributed by atoms with E-state index in [9.17, 15) is 24.0 Å². The van der Waals surface area contributed by atoms with Gasteiger partial charge in [0.25, 0.3) is 5.91 Å². The number of esters is 3. The number of benzene rings is 2. The SMILES string of the molecule is C=CC(=O)OCCOCCOC(C)OCC(COC(C)OCCOCCOC(C)=O)(COC(C)OCCOCCOC(=O)C=C)NC(=O)COc1ccc2sc3ccccc3c(=O)c2c1. The molecule has 360 valence electrons. The first-order valence-corrected chi connectivity index (χ1v) is 21.7. The Balaban J connectivity index is 1.72. The Labute approximate surface area is 382 Å². The Kier molecular flexibility index (Phi) is 26.1. The van der Waals surface area contributed by atoms with Crippen LogP contribution in [0, 0.1) is 0 Å². The molecule has 20 heteroatoms. The van der Waals surface area contributed by atoms with Gasteiger partial charge in [-0.2, -0.15) is 0 Å². The van der Waals surface area contributed by atoms with Gasteiger partial charge in [-0.25, -0.2) is 9.59 Å². The van der Waals surface area contributed by atoms with Crippen molar-refractivity contribution in [1.29, 1.82) is 0 Å². The maximum atomic E-state index is 13.8. The van der Waals surface area contributed by atoms with Crippen LogP contribution in [0.25, 0.3) is 20.2 Å². The van der Waals surface area contributed by atoms with Crippen molar-refractivity contribution in [2.75, 3.05) is 106 Å². The molecule has 65 heavy (non-hydrogen) atoms. The molecule has 0 aliphatic rings. The molecular weight excluding hydrogens is 875 g/mol. The second kappa shape index (κ2) is 31.1. The van der Waals surface area contributed by atoms with Crippen LogP contribution in [0.1, 0.15) is 27.7 Å². The summed E-state index contributed by atoms with van der Waals surface area (Å²) in [5, 5.41) is 4.02. The minimum Gasteiger partial charge on any atom is -0.484 e. The minimum absolute atomic E-state index is 0.0503. The summed E-state index contributed by atoms with van der Waals surface area (Å²) in [6, 6.07) is 12.4. The van der Waals surface area contributed by atoms with Gasteiger partial charge in [-0.15, -0.1) is 11.3 Å². The lowest BCUT2D eigenvalue weighted by molar-refractivity contribution is -0.202. The first-order valence-electron chi connectivity index (χ1n) is 20.9. The van der Waals surface area contributed by atoms with E-state index in [1.807, 2.05) is 12.1 Å². The maximum absolute atomic E-state index is 13.8. The Morgan fingerprint density at radius 1 is 0.615 bits per heavy atom. The average Bonchev–Trinajstić information content (AvgIpc) is 3.30. The average molecular weight is 936 g/mol. The highest BCUT2D eigenvalue weighted by molar-refractivity contribution is 7.24. The van der Waals surface area contributed by atoms with Crippen LogP contribution in [-0.4, -0.2) is 154 Å². The number of nitrogens with one attached hydrogen (secondary N) is 1. The van der Waals surface area contributed by atoms with Crippen molar-refractivity contribution in [2.24, 2.45) is 0 Å². The number of rotatable bonds is 36. The standard InChI is InChI=1S/C45H61NO18S/c1-7-42(49)59-25-19-53-17-23-57-34(5)63-30-45(29-62-33(4)56-22-16-52-15-21-55-32(3)47,31-64-35(6)58-24-18-54-20-26-60-43(50)8-2)46-41(48)28-61-36-13-14-40-38(27-36)44(51)37-11-9-10-12-39(37)65-40/h7-14,27,33-35H,1-2,15-26,28-31H2,3-6H3,(H,46,48). The summed E-state index contributed by atoms with van der Waals surface area (Å²) in [6.07, 6.45) is -0.301. The molecule has 19 nitrogen and oxygen atoms in total. The summed E-state index contributed by atoms with van der Waals surface area (Å²) in [7, 11) is 0. The number of fused-ring (bicyclic) bond motifs is 2. The van der Waals surface area contributed by atoms with E-state index in [1.165, 1.54) is 18.3 Å². The predicted octanol–water partition coefficient (Wildman–Crippen LogP) is 3.86. The van der Waals surface area contributed by atoms with Crippen molar-refractivity contribution < 1.29 is 80.8 Å². The summed E-state index contributed by atoms with van der Waals surface area (Å²) >= 11 is 1.48. The molecular formula is C45H61NO18S. The Morgan fingerprint density at radius 2 is 1.08 bits per heavy atom. The molecule has 0 fully saturated rings. The van der Waals surface area contributed by atoms with Gasteiger partial charge in [0.05, 0.1) is 79.3 Å². The highest BCUT2D eigenvalue weighted by atomic mass is 32.1. The zero-order valence-corrected chi connectivity index (χ0v) is 38.2. The van der Waals surface area contributed by atoms with Crippen molar-refractivity contribution in [3.8, 4) is 5.75 Å². The Hall–Kier alpha value is -4.87. The monoisotopic (exact) mass is 935 g/mol. The largest absolute Gasteiger partial charge is 0.484 e. The first kappa shape index (κ1) is 54.5. The van der Waals surface area contributed by atoms with E-state index >= 15 is 0 Å². The zero-order valence-electron chi connectivity index (χ0n) is 37.4. The van der Waals surface area contributed by atoms with Gasteiger partial charge in [0.1, 0.15) is 31.1 Å². The number of hydrogen-bond acceptors (Lipinski definition) is 19. The fourth-order valence-corrected chi connectivity index (χ4v) is 6.50. The fourth-order valence-electron chi connectivity index (χ4n) is 5.45. The molecule has 3 rings (SSSR count). The Morgan fingerprint density at radius 3 is 1.57 bits per heavy atom. The second-order valence-corrected chi connectivity index (χ2v) is 15.0. The van der Waals surface area contributed by atoms with E-state index in [-0.39, 0.29) is 105 Å². The number of ether oxygens (including phenoxy) is 13. The molecule has 0 bridgehead atoms. The lowest BCUT2D eigenvalue weighted by Gasteiger charge is -2.36. The molecule has 0 saturated heterocycles. The summed E-state index contributed by atoms with van der Waals surface area (Å²) in [5.41, 5.74) is -1.55. The molecule has 3 aromatic rings. The van der Waals surface area contributed by atoms with Gasteiger partial charge in [0.15, 0.2) is 30.9 Å². The first-order chi connectivity index (χ1) is 31.3. The van der Waals surface area contributed by atoms with Crippen molar-refractivity contribution in [2.45, 2.75) is 52.1 Å². The van der Waals surface area contributed by atoms with E-state index < -0.39 is 54.8 Å². The molecule has 1 heterocycles. The summed E-state index contributed by atoms with van der Waals surface area (Å²) in [4.78, 5) is 60.6. The van der Waals surface area contributed by atoms with Gasteiger partial charge in [0.2, 0.25) is 0 Å². The highest BCUT2D eigenvalue weighted by Gasteiger charge is 2.36. The number of carbonyl (C=O) groups is 4. The topological polar surface area (TPSA) is 217 Å². The molecule has 0 saturated carbocycles. The van der Waals surface area contributed by atoms with Gasteiger partial charge in [-0.3, -0.25) is 14.4 Å². The third-order valence-electron chi connectivity index (χ3n) is 8.66. The molecule has 3 atom stereocenters. The van der Waals surface area contributed by atoms with E-state index in [0.717, 1.165) is 21.6 Å². The third-order valence-corrected chi connectivity index (χ3v) is 9.81. The summed E-state index contributed by atoms with van der Waals surface area (Å²) in [5.74, 6) is -1.78. The smallest absolute Gasteiger partial charge is 0.330 e. The van der Waals surface area contributed by atoms with Crippen molar-refractivity contribution in [3.63, 3.8) is 0 Å². The van der Waals surface area contributed by atoms with Crippen LogP contribution >= 0.6 is 11.3 Å². The predicted molar refractivity (Wildman–Crippen MR) is 237 cm³/mol. The van der Waals surface area contributed by atoms with Crippen LogP contribution in [0.5, 0.6) is 5.75 Å². The lowest BCUT2D eigenvalue weighted by Crippen LogP contribution is -2.60. The molecule has 1 amide bonds. The van der Waals surface area contributed by atoms with Gasteiger partial charge in [-0.05, 0) is 51.1 Å². The van der Waals surface area contributed by atoms with E-state index in [0.29, 0.717) is 16.5 Å². The van der Waals surface area contributed by atoms with Gasteiger partial charge in [0, 0.05) is 39.2 Å². The van der Waals surface area contributed by atoms with Gasteiger partial charge < -0.3 is 66.9 Å². The quantitative estimate of drug-likeness (QED) is 0.0219. The van der Waals surface area contributed by atoms with Crippen molar-refractivity contribution in [1.82, 2.24) is 5.32 Å². The summed E-state index contributed by atoms with van der Waals surface area (Å²) in [6.45, 7) is 13.6. The van der Waals surface area contributed by atoms with E-state index in [1.54, 1.807) is 51.1 Å². The van der Waals surface area contributed by atoms with Gasteiger partial charge >= 0.3 is 17.9 Å². The molecule has 3 unspecified atom stereocenters. The zero-order chi connectivity index (χ0) is 47.3. The van der Waals surface area contributed by atoms with Crippen molar-refractivity contribution in [3.05, 3.63) is 78.0 Å². The number of amides is 1. The second-order valence-electron chi connectivity index (χ2n) is 13.9. The van der Waals surface area contributed by atoms with Crippen LogP contribution in [0.3, 0.4) is 0 Å². The van der Waals surface area contributed by atoms with E-state index in [4.69, 9.17) is 61.6 Å². The number of carbonyl (C=O) groups excluding carboxylic acids is 4. The molecule has 0 radical (unpaired) electrons. The molecule has 2 aromatic carbocycles. The molecule has 1 aromatic heterocycles.